The summed E-state index contributed by atoms with van der Waals surface area (Å²) < 4.78 is 36.0. The molecule has 0 atom stereocenters. The highest BCUT2D eigenvalue weighted by molar-refractivity contribution is 7.90. The minimum Gasteiger partial charge on any atom is -0.379 e. The molecule has 1 aliphatic heterocycles. The van der Waals surface area contributed by atoms with Gasteiger partial charge in [0, 0.05) is 60.8 Å². The summed E-state index contributed by atoms with van der Waals surface area (Å²) in [6, 6.07) is 11.3. The van der Waals surface area contributed by atoms with Crippen molar-refractivity contribution in [3.05, 3.63) is 66.2 Å². The molecule has 2 fully saturated rings. The first-order valence-corrected chi connectivity index (χ1v) is 14.5. The molecule has 4 aromatic rings. The van der Waals surface area contributed by atoms with Crippen LogP contribution in [-0.4, -0.2) is 64.4 Å². The first-order valence-electron chi connectivity index (χ1n) is 13.1. The predicted molar refractivity (Wildman–Crippen MR) is 143 cm³/mol. The lowest BCUT2D eigenvalue weighted by molar-refractivity contribution is 0.00729. The summed E-state index contributed by atoms with van der Waals surface area (Å²) in [6.45, 7) is 5.72. The molecule has 0 bridgehead atoms. The summed E-state index contributed by atoms with van der Waals surface area (Å²) in [7, 11) is -1.91. The molecule has 6 rings (SSSR count). The van der Waals surface area contributed by atoms with Crippen molar-refractivity contribution in [2.24, 2.45) is 7.05 Å². The van der Waals surface area contributed by atoms with E-state index < -0.39 is 10.0 Å². The Morgan fingerprint density at radius 2 is 1.70 bits per heavy atom. The van der Waals surface area contributed by atoms with Crippen LogP contribution in [0.3, 0.4) is 0 Å². The third-order valence-corrected chi connectivity index (χ3v) is 9.85. The molecule has 0 unspecified atom stereocenters. The molecule has 1 aromatic carbocycles. The van der Waals surface area contributed by atoms with Crippen molar-refractivity contribution in [1.29, 1.82) is 0 Å². The molecule has 9 heteroatoms. The van der Waals surface area contributed by atoms with E-state index in [2.05, 4.69) is 16.1 Å². The monoisotopic (exact) mass is 519 g/mol. The Morgan fingerprint density at radius 3 is 2.38 bits per heavy atom. The van der Waals surface area contributed by atoms with Gasteiger partial charge in [-0.1, -0.05) is 18.2 Å². The number of hydrogen-bond acceptors (Lipinski definition) is 6. The van der Waals surface area contributed by atoms with E-state index in [1.807, 2.05) is 37.1 Å². The molecule has 4 heterocycles. The van der Waals surface area contributed by atoms with Gasteiger partial charge in [-0.05, 0) is 62.3 Å². The minimum atomic E-state index is -3.81. The standard InChI is InChI=1S/C28H33N5O3S/c1-20-26(18-30-31(20)2)27-19-33(37(34,35)24-6-4-3-5-7-24)28-25(27)16-22(17-29-28)21-8-10-23(11-9-21)32-12-14-36-15-13-32/h3-7,16-19,21,23H,8-15H2,1-2H3. The molecule has 0 radical (unpaired) electrons. The second kappa shape index (κ2) is 9.70. The molecule has 1 saturated carbocycles. The number of fused-ring (bicyclic) bond motifs is 1. The fourth-order valence-electron chi connectivity index (χ4n) is 5.90. The topological polar surface area (TPSA) is 82.2 Å². The summed E-state index contributed by atoms with van der Waals surface area (Å²) in [4.78, 5) is 7.60. The van der Waals surface area contributed by atoms with Gasteiger partial charge in [-0.15, -0.1) is 0 Å². The molecule has 8 nitrogen and oxygen atoms in total. The van der Waals surface area contributed by atoms with Crippen LogP contribution in [-0.2, 0) is 21.8 Å². The van der Waals surface area contributed by atoms with Gasteiger partial charge in [0.1, 0.15) is 0 Å². The predicted octanol–water partition coefficient (Wildman–Crippen LogP) is 4.34. The SMILES string of the molecule is Cc1c(-c2cn(S(=O)(=O)c3ccccc3)c3ncc(C4CCC(N5CCOCC5)CC4)cc23)cnn1C. The van der Waals surface area contributed by atoms with Gasteiger partial charge in [0.2, 0.25) is 0 Å². The molecule has 1 aliphatic carbocycles. The summed E-state index contributed by atoms with van der Waals surface area (Å²) >= 11 is 0. The average Bonchev–Trinajstić information content (AvgIpc) is 3.49. The van der Waals surface area contributed by atoms with Crippen LogP contribution in [0.4, 0.5) is 0 Å². The normalized spacial score (nSPS) is 21.5. The second-order valence-electron chi connectivity index (χ2n) is 10.2. The van der Waals surface area contributed by atoms with Crippen molar-refractivity contribution in [1.82, 2.24) is 23.6 Å². The van der Waals surface area contributed by atoms with Crippen molar-refractivity contribution in [3.8, 4) is 11.1 Å². The number of hydrogen-bond donors (Lipinski definition) is 0. The lowest BCUT2D eigenvalue weighted by Crippen LogP contribution is -2.44. The number of aryl methyl sites for hydroxylation is 1. The van der Waals surface area contributed by atoms with Crippen LogP contribution in [0, 0.1) is 6.92 Å². The zero-order valence-electron chi connectivity index (χ0n) is 21.4. The first kappa shape index (κ1) is 24.3. The molecule has 37 heavy (non-hydrogen) atoms. The number of benzene rings is 1. The molecule has 1 saturated heterocycles. The van der Waals surface area contributed by atoms with E-state index in [1.165, 1.54) is 22.4 Å². The number of rotatable bonds is 5. The molecule has 194 valence electrons. The van der Waals surface area contributed by atoms with Gasteiger partial charge in [-0.25, -0.2) is 17.4 Å². The van der Waals surface area contributed by atoms with Crippen LogP contribution in [0.1, 0.15) is 42.9 Å². The Balaban J connectivity index is 1.39. The van der Waals surface area contributed by atoms with Crippen LogP contribution in [0.5, 0.6) is 0 Å². The quantitative estimate of drug-likeness (QED) is 0.390. The third-order valence-electron chi connectivity index (χ3n) is 8.19. The maximum Gasteiger partial charge on any atom is 0.269 e. The van der Waals surface area contributed by atoms with E-state index in [9.17, 15) is 8.42 Å². The van der Waals surface area contributed by atoms with E-state index in [4.69, 9.17) is 9.72 Å². The number of morpholine rings is 1. The maximum atomic E-state index is 13.6. The third kappa shape index (κ3) is 4.39. The fourth-order valence-corrected chi connectivity index (χ4v) is 7.25. The van der Waals surface area contributed by atoms with E-state index >= 15 is 0 Å². The van der Waals surface area contributed by atoms with Crippen LogP contribution >= 0.6 is 0 Å². The fraction of sp³-hybridized carbons (Fsp3) is 0.429. The van der Waals surface area contributed by atoms with Crippen LogP contribution < -0.4 is 0 Å². The van der Waals surface area contributed by atoms with Crippen molar-refractivity contribution in [2.45, 2.75) is 49.5 Å². The summed E-state index contributed by atoms with van der Waals surface area (Å²) in [5.74, 6) is 0.422. The minimum absolute atomic E-state index is 0.244. The number of ether oxygens (including phenoxy) is 1. The van der Waals surface area contributed by atoms with Crippen LogP contribution in [0.2, 0.25) is 0 Å². The van der Waals surface area contributed by atoms with Crippen molar-refractivity contribution in [3.63, 3.8) is 0 Å². The van der Waals surface area contributed by atoms with Gasteiger partial charge < -0.3 is 4.74 Å². The molecule has 0 amide bonds. The van der Waals surface area contributed by atoms with E-state index in [-0.39, 0.29) is 4.90 Å². The largest absolute Gasteiger partial charge is 0.379 e. The van der Waals surface area contributed by atoms with Crippen LogP contribution in [0.25, 0.3) is 22.2 Å². The Labute approximate surface area is 217 Å². The average molecular weight is 520 g/mol. The van der Waals surface area contributed by atoms with Crippen molar-refractivity contribution < 1.29 is 13.2 Å². The Morgan fingerprint density at radius 1 is 0.973 bits per heavy atom. The Bertz CT molecular complexity index is 1510. The number of pyridine rings is 1. The zero-order valence-corrected chi connectivity index (χ0v) is 22.2. The smallest absolute Gasteiger partial charge is 0.269 e. The lowest BCUT2D eigenvalue weighted by atomic mass is 9.81. The molecule has 0 spiro atoms. The summed E-state index contributed by atoms with van der Waals surface area (Å²) in [5.41, 5.74) is 4.38. The maximum absolute atomic E-state index is 13.6. The lowest BCUT2D eigenvalue weighted by Gasteiger charge is -2.38. The Hall–Kier alpha value is -3.01. The highest BCUT2D eigenvalue weighted by atomic mass is 32.2. The van der Waals surface area contributed by atoms with Gasteiger partial charge in [-0.2, -0.15) is 5.10 Å². The van der Waals surface area contributed by atoms with Crippen molar-refractivity contribution in [2.75, 3.05) is 26.3 Å². The van der Waals surface area contributed by atoms with E-state index in [0.717, 1.165) is 61.4 Å². The van der Waals surface area contributed by atoms with Gasteiger partial charge >= 0.3 is 0 Å². The van der Waals surface area contributed by atoms with Gasteiger partial charge in [0.05, 0.1) is 24.3 Å². The van der Waals surface area contributed by atoms with E-state index in [1.54, 1.807) is 30.5 Å². The first-order chi connectivity index (χ1) is 17.9. The highest BCUT2D eigenvalue weighted by Gasteiger charge is 2.29. The molecular weight excluding hydrogens is 486 g/mol. The molecule has 0 N–H and O–H groups in total. The molecule has 3 aromatic heterocycles. The van der Waals surface area contributed by atoms with Crippen molar-refractivity contribution >= 4 is 21.1 Å². The number of aromatic nitrogens is 4. The summed E-state index contributed by atoms with van der Waals surface area (Å²) in [6.07, 6.45) is 9.96. The van der Waals surface area contributed by atoms with Gasteiger partial charge in [0.15, 0.2) is 5.65 Å². The molecular formula is C28H33N5O3S. The number of nitrogens with zero attached hydrogens (tertiary/aromatic N) is 5. The Kier molecular flexibility index (Phi) is 6.38. The van der Waals surface area contributed by atoms with Gasteiger partial charge in [0.25, 0.3) is 10.0 Å². The second-order valence-corrected chi connectivity index (χ2v) is 12.0. The molecule has 2 aliphatic rings. The van der Waals surface area contributed by atoms with Crippen LogP contribution in [0.15, 0.2) is 59.9 Å². The zero-order chi connectivity index (χ0) is 25.6. The summed E-state index contributed by atoms with van der Waals surface area (Å²) in [5, 5.41) is 5.27. The van der Waals surface area contributed by atoms with E-state index in [0.29, 0.717) is 17.6 Å². The highest BCUT2D eigenvalue weighted by Crippen LogP contribution is 2.39. The van der Waals surface area contributed by atoms with Gasteiger partial charge in [-0.3, -0.25) is 9.58 Å².